The third kappa shape index (κ3) is 6.05. The maximum atomic E-state index is 11.9. The van der Waals surface area contributed by atoms with Gasteiger partial charge in [-0.25, -0.2) is 0 Å². The summed E-state index contributed by atoms with van der Waals surface area (Å²) in [5.74, 6) is 0.624. The molecule has 27 heavy (non-hydrogen) atoms. The van der Waals surface area contributed by atoms with Crippen LogP contribution >= 0.6 is 23.2 Å². The second-order valence-electron chi connectivity index (χ2n) is 5.48. The van der Waals surface area contributed by atoms with Gasteiger partial charge in [0.25, 0.3) is 5.91 Å². The maximum Gasteiger partial charge on any atom is 0.265 e. The molecule has 0 unspecified atom stereocenters. The molecule has 1 amide bonds. The first-order valence-corrected chi connectivity index (χ1v) is 8.91. The van der Waals surface area contributed by atoms with Crippen LogP contribution in [-0.4, -0.2) is 32.4 Å². The van der Waals surface area contributed by atoms with Gasteiger partial charge in [0, 0.05) is 16.3 Å². The molecule has 0 spiro atoms. The van der Waals surface area contributed by atoms with Crippen LogP contribution in [0.2, 0.25) is 10.0 Å². The summed E-state index contributed by atoms with van der Waals surface area (Å²) >= 11 is 12.1. The van der Waals surface area contributed by atoms with Crippen LogP contribution in [0.5, 0.6) is 11.5 Å². The van der Waals surface area contributed by atoms with E-state index in [1.807, 2.05) is 13.8 Å². The summed E-state index contributed by atoms with van der Waals surface area (Å²) in [5.41, 5.74) is 2.17. The number of nitrogens with one attached hydrogen (secondary N) is 1. The van der Waals surface area contributed by atoms with Crippen molar-refractivity contribution in [3.05, 3.63) is 51.5 Å². The van der Waals surface area contributed by atoms with Crippen molar-refractivity contribution >= 4 is 41.0 Å². The van der Waals surface area contributed by atoms with E-state index in [0.717, 1.165) is 5.56 Å². The minimum Gasteiger partial charge on any atom is -0.493 e. The minimum absolute atomic E-state index is 0.236. The van der Waals surface area contributed by atoms with Crippen molar-refractivity contribution in [2.24, 2.45) is 5.16 Å². The Labute approximate surface area is 168 Å². The van der Waals surface area contributed by atoms with Gasteiger partial charge in [0.15, 0.2) is 18.1 Å². The second-order valence-corrected chi connectivity index (χ2v) is 6.33. The summed E-state index contributed by atoms with van der Waals surface area (Å²) in [4.78, 5) is 17.0. The van der Waals surface area contributed by atoms with Crippen molar-refractivity contribution in [2.75, 3.05) is 25.6 Å². The molecule has 0 radical (unpaired) electrons. The van der Waals surface area contributed by atoms with Crippen molar-refractivity contribution in [2.45, 2.75) is 13.8 Å². The van der Waals surface area contributed by atoms with Crippen LogP contribution in [0.4, 0.5) is 5.69 Å². The maximum absolute atomic E-state index is 11.9. The lowest BCUT2D eigenvalue weighted by Gasteiger charge is -2.11. The van der Waals surface area contributed by atoms with Crippen LogP contribution in [0.3, 0.4) is 0 Å². The summed E-state index contributed by atoms with van der Waals surface area (Å²) in [6.07, 6.45) is 1.44. The van der Waals surface area contributed by atoms with Crippen LogP contribution in [0, 0.1) is 6.92 Å². The third-order valence-corrected chi connectivity index (χ3v) is 3.99. The zero-order chi connectivity index (χ0) is 19.8. The Bertz CT molecular complexity index is 841. The van der Waals surface area contributed by atoms with E-state index in [-0.39, 0.29) is 12.5 Å². The Morgan fingerprint density at radius 1 is 1.26 bits per heavy atom. The van der Waals surface area contributed by atoms with Crippen molar-refractivity contribution in [1.29, 1.82) is 0 Å². The number of hydrogen-bond donors (Lipinski definition) is 1. The molecule has 0 atom stereocenters. The molecule has 6 nitrogen and oxygen atoms in total. The first-order valence-electron chi connectivity index (χ1n) is 8.16. The number of aryl methyl sites for hydroxylation is 1. The Hall–Kier alpha value is -2.44. The van der Waals surface area contributed by atoms with Crippen LogP contribution in [-0.2, 0) is 9.63 Å². The minimum atomic E-state index is -0.333. The number of carbonyl (C=O) groups excluding carboxylic acids is 1. The number of hydrogen-bond acceptors (Lipinski definition) is 5. The third-order valence-electron chi connectivity index (χ3n) is 3.47. The average molecular weight is 411 g/mol. The van der Waals surface area contributed by atoms with Gasteiger partial charge < -0.3 is 19.6 Å². The molecule has 144 valence electrons. The van der Waals surface area contributed by atoms with Gasteiger partial charge >= 0.3 is 0 Å². The number of rotatable bonds is 8. The van der Waals surface area contributed by atoms with E-state index in [2.05, 4.69) is 10.5 Å². The van der Waals surface area contributed by atoms with Gasteiger partial charge in [-0.3, -0.25) is 4.79 Å². The number of methoxy groups -OCH3 is 1. The predicted molar refractivity (Wildman–Crippen MR) is 108 cm³/mol. The van der Waals surface area contributed by atoms with Gasteiger partial charge in [-0.15, -0.1) is 0 Å². The molecular weight excluding hydrogens is 391 g/mol. The zero-order valence-corrected chi connectivity index (χ0v) is 16.7. The summed E-state index contributed by atoms with van der Waals surface area (Å²) in [6.45, 7) is 3.94. The van der Waals surface area contributed by atoms with Crippen LogP contribution in [0.1, 0.15) is 18.1 Å². The molecule has 2 aromatic rings. The summed E-state index contributed by atoms with van der Waals surface area (Å²) in [5, 5.41) is 7.52. The average Bonchev–Trinajstić information content (AvgIpc) is 2.63. The molecule has 0 bridgehead atoms. The highest BCUT2D eigenvalue weighted by molar-refractivity contribution is 6.32. The van der Waals surface area contributed by atoms with E-state index in [1.165, 1.54) is 13.3 Å². The highest BCUT2D eigenvalue weighted by Crippen LogP contribution is 2.36. The molecule has 0 aliphatic rings. The number of ether oxygens (including phenoxy) is 2. The van der Waals surface area contributed by atoms with Crippen molar-refractivity contribution < 1.29 is 19.1 Å². The van der Waals surface area contributed by atoms with Gasteiger partial charge in [-0.05, 0) is 49.7 Å². The van der Waals surface area contributed by atoms with Crippen LogP contribution < -0.4 is 14.8 Å². The monoisotopic (exact) mass is 410 g/mol. The standard InChI is InChI=1S/C19H20Cl2N2O4/c1-4-26-19-15(21)8-13(9-17(19)25-3)10-22-27-11-18(24)23-16-6-5-14(20)7-12(16)2/h5-10H,4,11H2,1-3H3,(H,23,24)/b22-10-. The smallest absolute Gasteiger partial charge is 0.265 e. The van der Waals surface area contributed by atoms with Gasteiger partial charge in [0.05, 0.1) is 25.0 Å². The van der Waals surface area contributed by atoms with E-state index < -0.39 is 0 Å². The number of anilines is 1. The normalized spacial score (nSPS) is 10.7. The molecule has 2 aromatic carbocycles. The number of oxime groups is 1. The van der Waals surface area contributed by atoms with E-state index in [0.29, 0.717) is 39.4 Å². The molecule has 0 heterocycles. The Kier molecular flexibility index (Phi) is 7.76. The van der Waals surface area contributed by atoms with Gasteiger partial charge in [-0.2, -0.15) is 0 Å². The number of amides is 1. The Balaban J connectivity index is 1.93. The lowest BCUT2D eigenvalue weighted by Crippen LogP contribution is -2.17. The summed E-state index contributed by atoms with van der Waals surface area (Å²) in [6, 6.07) is 8.57. The molecule has 0 aliphatic heterocycles. The first kappa shape index (κ1) is 20.9. The highest BCUT2D eigenvalue weighted by Gasteiger charge is 2.11. The number of carbonyl (C=O) groups is 1. The summed E-state index contributed by atoms with van der Waals surface area (Å²) in [7, 11) is 1.52. The van der Waals surface area contributed by atoms with E-state index in [1.54, 1.807) is 30.3 Å². The zero-order valence-electron chi connectivity index (χ0n) is 15.2. The van der Waals surface area contributed by atoms with Crippen molar-refractivity contribution in [1.82, 2.24) is 0 Å². The second kappa shape index (κ2) is 10.0. The SMILES string of the molecule is CCOc1c(Cl)cc(/C=N\OCC(=O)Nc2ccc(Cl)cc2C)cc1OC. The fourth-order valence-corrected chi connectivity index (χ4v) is 2.75. The topological polar surface area (TPSA) is 69.2 Å². The van der Waals surface area contributed by atoms with Crippen molar-refractivity contribution in [3.8, 4) is 11.5 Å². The van der Waals surface area contributed by atoms with Gasteiger partial charge in [0.2, 0.25) is 0 Å². The Morgan fingerprint density at radius 2 is 2.04 bits per heavy atom. The van der Waals surface area contributed by atoms with Crippen molar-refractivity contribution in [3.63, 3.8) is 0 Å². The molecule has 2 rings (SSSR count). The van der Waals surface area contributed by atoms with E-state index in [9.17, 15) is 4.79 Å². The molecule has 0 fully saturated rings. The number of benzene rings is 2. The lowest BCUT2D eigenvalue weighted by molar-refractivity contribution is -0.120. The Morgan fingerprint density at radius 3 is 2.70 bits per heavy atom. The largest absolute Gasteiger partial charge is 0.493 e. The molecule has 0 aromatic heterocycles. The molecule has 0 saturated carbocycles. The first-order chi connectivity index (χ1) is 12.9. The number of halogens is 2. The molecule has 0 aliphatic carbocycles. The summed E-state index contributed by atoms with van der Waals surface area (Å²) < 4.78 is 10.7. The van der Waals surface area contributed by atoms with Crippen LogP contribution in [0.15, 0.2) is 35.5 Å². The van der Waals surface area contributed by atoms with E-state index >= 15 is 0 Å². The number of nitrogens with zero attached hydrogens (tertiary/aromatic N) is 1. The van der Waals surface area contributed by atoms with Gasteiger partial charge in [0.1, 0.15) is 0 Å². The molecular formula is C19H20Cl2N2O4. The predicted octanol–water partition coefficient (Wildman–Crippen LogP) is 4.70. The molecule has 0 saturated heterocycles. The fraction of sp³-hybridized carbons (Fsp3) is 0.263. The van der Waals surface area contributed by atoms with Crippen LogP contribution in [0.25, 0.3) is 0 Å². The fourth-order valence-electron chi connectivity index (χ4n) is 2.25. The van der Waals surface area contributed by atoms with E-state index in [4.69, 9.17) is 37.5 Å². The molecule has 8 heteroatoms. The lowest BCUT2D eigenvalue weighted by atomic mass is 10.2. The highest BCUT2D eigenvalue weighted by atomic mass is 35.5. The molecule has 1 N–H and O–H groups in total. The van der Waals surface area contributed by atoms with Gasteiger partial charge in [-0.1, -0.05) is 28.4 Å². The quantitative estimate of drug-likeness (QED) is 0.505.